The lowest BCUT2D eigenvalue weighted by Gasteiger charge is -2.13. The molecule has 1 aliphatic rings. The average molecular weight is 385 g/mol. The van der Waals surface area contributed by atoms with Crippen molar-refractivity contribution in [3.8, 4) is 23.0 Å². The maximum atomic E-state index is 14.3. The fourth-order valence-electron chi connectivity index (χ4n) is 3.76. The van der Waals surface area contributed by atoms with Gasteiger partial charge in [0.15, 0.2) is 11.6 Å². The lowest BCUT2D eigenvalue weighted by molar-refractivity contribution is 0.0988. The van der Waals surface area contributed by atoms with Gasteiger partial charge in [0, 0.05) is 29.9 Å². The molecule has 6 heteroatoms. The number of pyridine rings is 1. The molecule has 4 aromatic rings. The summed E-state index contributed by atoms with van der Waals surface area (Å²) in [6, 6.07) is 14.0. The molecule has 0 fully saturated rings. The van der Waals surface area contributed by atoms with E-state index in [1.54, 1.807) is 18.5 Å². The smallest absolute Gasteiger partial charge is 0.230 e. The van der Waals surface area contributed by atoms with Crippen LogP contribution in [0.1, 0.15) is 35.2 Å². The maximum Gasteiger partial charge on any atom is 0.230 e. The molecule has 0 unspecified atom stereocenters. The first-order valence-electron chi connectivity index (χ1n) is 9.32. The van der Waals surface area contributed by atoms with Crippen LogP contribution in [-0.4, -0.2) is 20.7 Å². The third-order valence-corrected chi connectivity index (χ3v) is 5.11. The number of benzene rings is 2. The fraction of sp³-hybridized carbons (Fsp3) is 0.130. The summed E-state index contributed by atoms with van der Waals surface area (Å²) >= 11 is 0. The van der Waals surface area contributed by atoms with Crippen molar-refractivity contribution in [2.75, 3.05) is 0 Å². The van der Waals surface area contributed by atoms with Crippen molar-refractivity contribution in [3.63, 3.8) is 0 Å². The Hall–Kier alpha value is -3.67. The van der Waals surface area contributed by atoms with Crippen LogP contribution in [0.3, 0.4) is 0 Å². The number of hydrogen-bond acceptors (Lipinski definition) is 5. The second-order valence-electron chi connectivity index (χ2n) is 7.08. The summed E-state index contributed by atoms with van der Waals surface area (Å²) in [6.45, 7) is 1.84. The third kappa shape index (κ3) is 2.93. The highest BCUT2D eigenvalue weighted by Crippen LogP contribution is 2.41. The van der Waals surface area contributed by atoms with Crippen molar-refractivity contribution in [2.24, 2.45) is 0 Å². The average Bonchev–Trinajstić information content (AvgIpc) is 3.05. The summed E-state index contributed by atoms with van der Waals surface area (Å²) in [5, 5.41) is 0.705. The minimum absolute atomic E-state index is 0.118. The second-order valence-corrected chi connectivity index (χ2v) is 7.08. The Labute approximate surface area is 166 Å². The number of hydrogen-bond donors (Lipinski definition) is 0. The van der Waals surface area contributed by atoms with Gasteiger partial charge >= 0.3 is 0 Å². The largest absolute Gasteiger partial charge is 0.437 e. The Bertz CT molecular complexity index is 1260. The topological polar surface area (TPSA) is 65.0 Å². The number of Topliss-reactive ketones (excluding diaryl/α,β-unsaturated/α-hetero) is 1. The van der Waals surface area contributed by atoms with E-state index in [2.05, 4.69) is 15.0 Å². The van der Waals surface area contributed by atoms with Crippen molar-refractivity contribution in [1.82, 2.24) is 15.0 Å². The molecule has 2 aromatic heterocycles. The van der Waals surface area contributed by atoms with Crippen molar-refractivity contribution < 1.29 is 13.9 Å². The van der Waals surface area contributed by atoms with E-state index in [0.29, 0.717) is 39.5 Å². The Morgan fingerprint density at radius 1 is 1.07 bits per heavy atom. The van der Waals surface area contributed by atoms with Crippen LogP contribution in [0.5, 0.6) is 11.6 Å². The molecule has 0 bridgehead atoms. The minimum atomic E-state index is -0.380. The lowest BCUT2D eigenvalue weighted by atomic mass is 10.0. The summed E-state index contributed by atoms with van der Waals surface area (Å²) < 4.78 is 20.4. The fourth-order valence-corrected chi connectivity index (χ4v) is 3.76. The normalized spacial score (nSPS) is 15.5. The van der Waals surface area contributed by atoms with E-state index in [-0.39, 0.29) is 23.9 Å². The molecule has 29 heavy (non-hydrogen) atoms. The van der Waals surface area contributed by atoms with E-state index in [1.165, 1.54) is 12.1 Å². The quantitative estimate of drug-likeness (QED) is 0.478. The summed E-state index contributed by atoms with van der Waals surface area (Å²) in [6.07, 6.45) is 3.63. The van der Waals surface area contributed by atoms with Gasteiger partial charge in [-0.05, 0) is 42.3 Å². The van der Waals surface area contributed by atoms with Gasteiger partial charge in [-0.25, -0.2) is 9.37 Å². The van der Waals surface area contributed by atoms with Gasteiger partial charge in [-0.15, -0.1) is 0 Å². The molecule has 0 saturated heterocycles. The number of halogens is 1. The number of aromatic nitrogens is 3. The van der Waals surface area contributed by atoms with Gasteiger partial charge in [0.25, 0.3) is 0 Å². The minimum Gasteiger partial charge on any atom is -0.437 e. The SMILES string of the molecule is C[C@@H]1CC(=O)c2c(Oc3nc(-c4cccnc4)nc4ccccc34)ccc(F)c21. The van der Waals surface area contributed by atoms with Crippen LogP contribution in [0.4, 0.5) is 4.39 Å². The molecule has 5 nitrogen and oxygen atoms in total. The highest BCUT2D eigenvalue weighted by molar-refractivity contribution is 6.04. The van der Waals surface area contributed by atoms with Gasteiger partial charge in [0.1, 0.15) is 11.6 Å². The summed E-state index contributed by atoms with van der Waals surface area (Å²) in [5.41, 5.74) is 2.17. The van der Waals surface area contributed by atoms with Gasteiger partial charge in [-0.3, -0.25) is 9.78 Å². The van der Waals surface area contributed by atoms with E-state index in [9.17, 15) is 9.18 Å². The molecule has 0 amide bonds. The number of nitrogens with zero attached hydrogens (tertiary/aromatic N) is 3. The molecule has 142 valence electrons. The van der Waals surface area contributed by atoms with Crippen LogP contribution >= 0.6 is 0 Å². The molecular weight excluding hydrogens is 369 g/mol. The van der Waals surface area contributed by atoms with Crippen LogP contribution in [-0.2, 0) is 0 Å². The molecule has 0 saturated carbocycles. The predicted octanol–water partition coefficient (Wildman–Crippen LogP) is 5.31. The Morgan fingerprint density at radius 3 is 2.76 bits per heavy atom. The van der Waals surface area contributed by atoms with Gasteiger partial charge < -0.3 is 4.74 Å². The molecule has 2 aromatic carbocycles. The predicted molar refractivity (Wildman–Crippen MR) is 107 cm³/mol. The number of ketones is 1. The van der Waals surface area contributed by atoms with Gasteiger partial charge in [0.05, 0.1) is 16.5 Å². The van der Waals surface area contributed by atoms with E-state index in [0.717, 1.165) is 5.56 Å². The second kappa shape index (κ2) is 6.74. The van der Waals surface area contributed by atoms with Gasteiger partial charge in [-0.2, -0.15) is 4.98 Å². The van der Waals surface area contributed by atoms with Crippen LogP contribution in [0.25, 0.3) is 22.3 Å². The molecule has 1 atom stereocenters. The molecule has 0 aliphatic heterocycles. The monoisotopic (exact) mass is 385 g/mol. The summed E-state index contributed by atoms with van der Waals surface area (Å²) in [5.74, 6) is 0.425. The zero-order valence-corrected chi connectivity index (χ0v) is 15.6. The Kier molecular flexibility index (Phi) is 4.05. The van der Waals surface area contributed by atoms with Crippen molar-refractivity contribution in [1.29, 1.82) is 0 Å². The van der Waals surface area contributed by atoms with Crippen LogP contribution in [0.2, 0.25) is 0 Å². The van der Waals surface area contributed by atoms with Crippen molar-refractivity contribution in [3.05, 3.63) is 77.9 Å². The first-order valence-corrected chi connectivity index (χ1v) is 9.32. The van der Waals surface area contributed by atoms with Crippen LogP contribution in [0.15, 0.2) is 60.9 Å². The molecule has 2 heterocycles. The van der Waals surface area contributed by atoms with Crippen LogP contribution in [0, 0.1) is 5.82 Å². The standard InChI is InChI=1S/C23H16FN3O2/c1-13-11-18(28)21-19(9-8-16(24)20(13)21)29-23-15-6-2-3-7-17(15)26-22(27-23)14-5-4-10-25-12-14/h2-10,12-13H,11H2,1H3/t13-/m1/s1. The van der Waals surface area contributed by atoms with Crippen molar-refractivity contribution in [2.45, 2.75) is 19.3 Å². The van der Waals surface area contributed by atoms with Crippen LogP contribution < -0.4 is 4.74 Å². The number of carbonyl (C=O) groups excluding carboxylic acids is 1. The zero-order valence-electron chi connectivity index (χ0n) is 15.6. The van der Waals surface area contributed by atoms with Gasteiger partial charge in [-0.1, -0.05) is 19.1 Å². The Morgan fingerprint density at radius 2 is 1.93 bits per heavy atom. The number of ether oxygens (including phenoxy) is 1. The number of carbonyl (C=O) groups is 1. The van der Waals surface area contributed by atoms with Crippen molar-refractivity contribution >= 4 is 16.7 Å². The zero-order chi connectivity index (χ0) is 20.0. The highest BCUT2D eigenvalue weighted by atomic mass is 19.1. The van der Waals surface area contributed by atoms with E-state index >= 15 is 0 Å². The van der Waals surface area contributed by atoms with E-state index < -0.39 is 0 Å². The molecular formula is C23H16FN3O2. The first kappa shape index (κ1) is 17.4. The van der Waals surface area contributed by atoms with E-state index in [1.807, 2.05) is 37.3 Å². The number of rotatable bonds is 3. The first-order chi connectivity index (χ1) is 14.1. The summed E-state index contributed by atoms with van der Waals surface area (Å²) in [4.78, 5) is 25.8. The molecule has 5 rings (SSSR count). The Balaban J connectivity index is 1.68. The highest BCUT2D eigenvalue weighted by Gasteiger charge is 2.33. The summed E-state index contributed by atoms with van der Waals surface area (Å²) in [7, 11) is 0. The maximum absolute atomic E-state index is 14.3. The molecule has 0 spiro atoms. The number of fused-ring (bicyclic) bond motifs is 2. The molecule has 0 N–H and O–H groups in total. The number of para-hydroxylation sites is 1. The van der Waals surface area contributed by atoms with E-state index in [4.69, 9.17) is 4.74 Å². The third-order valence-electron chi connectivity index (χ3n) is 5.11. The molecule has 1 aliphatic carbocycles. The molecule has 0 radical (unpaired) electrons. The lowest BCUT2D eigenvalue weighted by Crippen LogP contribution is -2.01. The van der Waals surface area contributed by atoms with Gasteiger partial charge in [0.2, 0.25) is 5.88 Å².